The van der Waals surface area contributed by atoms with Gasteiger partial charge in [-0.2, -0.15) is 0 Å². The highest BCUT2D eigenvalue weighted by Crippen LogP contribution is 2.15. The van der Waals surface area contributed by atoms with Gasteiger partial charge in [0.2, 0.25) is 0 Å². The Bertz CT molecular complexity index is 419. The molecule has 0 bridgehead atoms. The zero-order chi connectivity index (χ0) is 14.3. The molecule has 0 fully saturated rings. The van der Waals surface area contributed by atoms with Crippen molar-refractivity contribution in [2.45, 2.75) is 32.8 Å². The molecule has 1 aromatic carbocycles. The van der Waals surface area contributed by atoms with Crippen LogP contribution in [0.25, 0.3) is 0 Å². The Morgan fingerprint density at radius 3 is 2.74 bits per heavy atom. The number of ether oxygens (including phenoxy) is 2. The van der Waals surface area contributed by atoms with Gasteiger partial charge in [0, 0.05) is 5.56 Å². The molecule has 1 amide bonds. The predicted molar refractivity (Wildman–Crippen MR) is 73.9 cm³/mol. The van der Waals surface area contributed by atoms with Crippen LogP contribution in [0, 0.1) is 0 Å². The van der Waals surface area contributed by atoms with Crippen molar-refractivity contribution in [3.63, 3.8) is 0 Å². The molecule has 0 aliphatic heterocycles. The number of nitrogens with two attached hydrogens (primary N) is 1. The van der Waals surface area contributed by atoms with Crippen LogP contribution in [0.5, 0.6) is 5.75 Å². The first-order chi connectivity index (χ1) is 8.98. The standard InChI is InChI=1S/C14H22N2O3/c1-4-14(2,3)19-9-8-18-12-7-5-6-11(10-12)13(17)16-15/h5-7,10H,4,8-9,15H2,1-3H3,(H,16,17). The summed E-state index contributed by atoms with van der Waals surface area (Å²) in [4.78, 5) is 11.3. The number of hydrazine groups is 1. The molecule has 0 saturated carbocycles. The third-order valence-electron chi connectivity index (χ3n) is 2.92. The minimum atomic E-state index is -0.339. The average molecular weight is 266 g/mol. The molecule has 0 heterocycles. The minimum absolute atomic E-state index is 0.134. The number of carbonyl (C=O) groups is 1. The molecule has 5 heteroatoms. The van der Waals surface area contributed by atoms with Crippen molar-refractivity contribution in [2.75, 3.05) is 13.2 Å². The molecular weight excluding hydrogens is 244 g/mol. The molecule has 0 saturated heterocycles. The van der Waals surface area contributed by atoms with Crippen LogP contribution in [0.2, 0.25) is 0 Å². The Morgan fingerprint density at radius 2 is 2.11 bits per heavy atom. The summed E-state index contributed by atoms with van der Waals surface area (Å²) in [6, 6.07) is 6.86. The summed E-state index contributed by atoms with van der Waals surface area (Å²) >= 11 is 0. The summed E-state index contributed by atoms with van der Waals surface area (Å²) in [6.45, 7) is 7.11. The van der Waals surface area contributed by atoms with Gasteiger partial charge in [-0.1, -0.05) is 13.0 Å². The van der Waals surface area contributed by atoms with Crippen LogP contribution >= 0.6 is 0 Å². The molecule has 106 valence electrons. The van der Waals surface area contributed by atoms with Crippen molar-refractivity contribution in [1.29, 1.82) is 0 Å². The lowest BCUT2D eigenvalue weighted by Gasteiger charge is -2.23. The fourth-order valence-electron chi connectivity index (χ4n) is 1.39. The zero-order valence-corrected chi connectivity index (χ0v) is 11.7. The zero-order valence-electron chi connectivity index (χ0n) is 11.7. The van der Waals surface area contributed by atoms with E-state index >= 15 is 0 Å². The van der Waals surface area contributed by atoms with E-state index in [1.807, 2.05) is 13.8 Å². The van der Waals surface area contributed by atoms with Crippen LogP contribution in [0.4, 0.5) is 0 Å². The molecule has 0 unspecified atom stereocenters. The number of nitrogen functional groups attached to an aromatic ring is 1. The Labute approximate surface area is 114 Å². The van der Waals surface area contributed by atoms with Crippen molar-refractivity contribution in [3.8, 4) is 5.75 Å². The van der Waals surface area contributed by atoms with Gasteiger partial charge in [-0.15, -0.1) is 0 Å². The van der Waals surface area contributed by atoms with Crippen molar-refractivity contribution in [3.05, 3.63) is 29.8 Å². The van der Waals surface area contributed by atoms with E-state index in [1.54, 1.807) is 24.3 Å². The fraction of sp³-hybridized carbons (Fsp3) is 0.500. The smallest absolute Gasteiger partial charge is 0.265 e. The Balaban J connectivity index is 2.44. The number of hydrogen-bond acceptors (Lipinski definition) is 4. The molecule has 0 aromatic heterocycles. The second-order valence-electron chi connectivity index (χ2n) is 4.81. The van der Waals surface area contributed by atoms with Gasteiger partial charge in [-0.3, -0.25) is 10.2 Å². The number of benzene rings is 1. The molecular formula is C14H22N2O3. The van der Waals surface area contributed by atoms with E-state index in [0.717, 1.165) is 6.42 Å². The second-order valence-corrected chi connectivity index (χ2v) is 4.81. The van der Waals surface area contributed by atoms with Crippen molar-refractivity contribution < 1.29 is 14.3 Å². The Morgan fingerprint density at radius 1 is 1.37 bits per heavy atom. The lowest BCUT2D eigenvalue weighted by molar-refractivity contribution is -0.0317. The predicted octanol–water partition coefficient (Wildman–Crippen LogP) is 1.87. The van der Waals surface area contributed by atoms with Crippen molar-refractivity contribution in [2.24, 2.45) is 5.84 Å². The maximum Gasteiger partial charge on any atom is 0.265 e. The summed E-state index contributed by atoms with van der Waals surface area (Å²) in [7, 11) is 0. The summed E-state index contributed by atoms with van der Waals surface area (Å²) in [5.41, 5.74) is 2.42. The van der Waals surface area contributed by atoms with E-state index in [4.69, 9.17) is 15.3 Å². The molecule has 3 N–H and O–H groups in total. The van der Waals surface area contributed by atoms with E-state index < -0.39 is 0 Å². The fourth-order valence-corrected chi connectivity index (χ4v) is 1.39. The van der Waals surface area contributed by atoms with Crippen molar-refractivity contribution >= 4 is 5.91 Å². The van der Waals surface area contributed by atoms with Gasteiger partial charge in [0.05, 0.1) is 12.2 Å². The normalized spacial score (nSPS) is 11.2. The van der Waals surface area contributed by atoms with Crippen molar-refractivity contribution in [1.82, 2.24) is 5.43 Å². The lowest BCUT2D eigenvalue weighted by Crippen LogP contribution is -2.29. The van der Waals surface area contributed by atoms with Crippen LogP contribution in [0.3, 0.4) is 0 Å². The number of amides is 1. The highest BCUT2D eigenvalue weighted by atomic mass is 16.5. The number of rotatable bonds is 7. The Kier molecular flexibility index (Phi) is 5.79. The quantitative estimate of drug-likeness (QED) is 0.342. The van der Waals surface area contributed by atoms with Gasteiger partial charge in [0.1, 0.15) is 12.4 Å². The number of carbonyl (C=O) groups excluding carboxylic acids is 1. The maximum absolute atomic E-state index is 11.3. The van der Waals surface area contributed by atoms with Gasteiger partial charge in [-0.25, -0.2) is 5.84 Å². The van der Waals surface area contributed by atoms with E-state index in [1.165, 1.54) is 0 Å². The van der Waals surface area contributed by atoms with Gasteiger partial charge >= 0.3 is 0 Å². The summed E-state index contributed by atoms with van der Waals surface area (Å²) < 4.78 is 11.2. The monoisotopic (exact) mass is 266 g/mol. The first-order valence-corrected chi connectivity index (χ1v) is 6.36. The summed E-state index contributed by atoms with van der Waals surface area (Å²) in [6.07, 6.45) is 0.944. The van der Waals surface area contributed by atoms with Gasteiger partial charge < -0.3 is 9.47 Å². The summed E-state index contributed by atoms with van der Waals surface area (Å²) in [5.74, 6) is 5.36. The minimum Gasteiger partial charge on any atom is -0.491 e. The van der Waals surface area contributed by atoms with Gasteiger partial charge in [-0.05, 0) is 38.5 Å². The van der Waals surface area contributed by atoms with E-state index in [2.05, 4.69) is 12.3 Å². The van der Waals surface area contributed by atoms with Gasteiger partial charge in [0.15, 0.2) is 0 Å². The molecule has 1 aromatic rings. The molecule has 0 atom stereocenters. The first kappa shape index (κ1) is 15.5. The van der Waals surface area contributed by atoms with Gasteiger partial charge in [0.25, 0.3) is 5.91 Å². The molecule has 0 spiro atoms. The topological polar surface area (TPSA) is 73.6 Å². The van der Waals surface area contributed by atoms with Crippen LogP contribution in [-0.2, 0) is 4.74 Å². The third-order valence-corrected chi connectivity index (χ3v) is 2.92. The molecule has 5 nitrogen and oxygen atoms in total. The molecule has 0 radical (unpaired) electrons. The molecule has 0 aliphatic carbocycles. The second kappa shape index (κ2) is 7.11. The number of nitrogens with one attached hydrogen (secondary N) is 1. The van der Waals surface area contributed by atoms with E-state index in [9.17, 15) is 4.79 Å². The van der Waals surface area contributed by atoms with Crippen LogP contribution < -0.4 is 16.0 Å². The lowest BCUT2D eigenvalue weighted by atomic mass is 10.1. The van der Waals surface area contributed by atoms with E-state index in [0.29, 0.717) is 24.5 Å². The SMILES string of the molecule is CCC(C)(C)OCCOc1cccc(C(=O)NN)c1. The number of hydrogen-bond donors (Lipinski definition) is 2. The first-order valence-electron chi connectivity index (χ1n) is 6.36. The van der Waals surface area contributed by atoms with Crippen LogP contribution in [0.15, 0.2) is 24.3 Å². The summed E-state index contributed by atoms with van der Waals surface area (Å²) in [5, 5.41) is 0. The molecule has 1 rings (SSSR count). The molecule has 0 aliphatic rings. The average Bonchev–Trinajstić information content (AvgIpc) is 2.43. The Hall–Kier alpha value is -1.59. The molecule has 19 heavy (non-hydrogen) atoms. The van der Waals surface area contributed by atoms with E-state index in [-0.39, 0.29) is 11.5 Å². The maximum atomic E-state index is 11.3. The van der Waals surface area contributed by atoms with Crippen LogP contribution in [0.1, 0.15) is 37.6 Å². The third kappa shape index (κ3) is 5.28. The van der Waals surface area contributed by atoms with Crippen LogP contribution in [-0.4, -0.2) is 24.7 Å². The largest absolute Gasteiger partial charge is 0.491 e. The highest BCUT2D eigenvalue weighted by Gasteiger charge is 2.14. The highest BCUT2D eigenvalue weighted by molar-refractivity contribution is 5.94.